The summed E-state index contributed by atoms with van der Waals surface area (Å²) in [5, 5.41) is 9.48. The normalized spacial score (nSPS) is 11.7. The summed E-state index contributed by atoms with van der Waals surface area (Å²) < 4.78 is 6.86. The molecule has 2 aromatic carbocycles. The number of hydrogen-bond donors (Lipinski definition) is 5. The van der Waals surface area contributed by atoms with Crippen molar-refractivity contribution in [3.63, 3.8) is 0 Å². The van der Waals surface area contributed by atoms with E-state index in [9.17, 15) is 9.59 Å². The van der Waals surface area contributed by atoms with Crippen molar-refractivity contribution in [2.75, 3.05) is 5.73 Å². The average molecular weight is 478 g/mol. The smallest absolute Gasteiger partial charge is 0.360 e. The summed E-state index contributed by atoms with van der Waals surface area (Å²) in [6.07, 6.45) is -1.52. The van der Waals surface area contributed by atoms with Crippen LogP contribution >= 0.6 is 0 Å². The van der Waals surface area contributed by atoms with Gasteiger partial charge in [-0.05, 0) is 48.0 Å². The van der Waals surface area contributed by atoms with Crippen LogP contribution in [0, 0.1) is 0 Å². The second kappa shape index (κ2) is 9.69. The van der Waals surface area contributed by atoms with Crippen LogP contribution in [0.15, 0.2) is 60.7 Å². The number of nitrogen functional groups attached to an aromatic ring is 1. The van der Waals surface area contributed by atoms with Crippen LogP contribution in [0.3, 0.4) is 0 Å². The van der Waals surface area contributed by atoms with E-state index >= 15 is 0 Å². The van der Waals surface area contributed by atoms with E-state index in [0.717, 1.165) is 0 Å². The maximum atomic E-state index is 13.4. The van der Waals surface area contributed by atoms with Gasteiger partial charge in [0.2, 0.25) is 12.1 Å². The van der Waals surface area contributed by atoms with Crippen LogP contribution < -0.4 is 37.7 Å². The zero-order chi connectivity index (χ0) is 25.1. The highest BCUT2D eigenvalue weighted by Gasteiger charge is 2.24. The number of carbonyl (C=O) groups excluding carboxylic acids is 1. The fourth-order valence-electron chi connectivity index (χ4n) is 3.61. The van der Waals surface area contributed by atoms with Gasteiger partial charge in [0.15, 0.2) is 5.78 Å². The molecular weight excluding hydrogens is 456 g/mol. The summed E-state index contributed by atoms with van der Waals surface area (Å²) in [7, 11) is 0. The van der Waals surface area contributed by atoms with Crippen LogP contribution in [0.2, 0.25) is 0 Å². The molecule has 0 bridgehead atoms. The molecule has 4 rings (SSSR count). The van der Waals surface area contributed by atoms with Crippen LogP contribution in [-0.4, -0.2) is 32.6 Å². The molecule has 0 aliphatic heterocycles. The minimum atomic E-state index is -1.52. The minimum absolute atomic E-state index is 0.129. The van der Waals surface area contributed by atoms with Gasteiger partial charge in [-0.3, -0.25) is 10.5 Å². The van der Waals surface area contributed by atoms with Gasteiger partial charge in [0.1, 0.15) is 23.0 Å². The number of benzene rings is 2. The third-order valence-corrected chi connectivity index (χ3v) is 5.27. The minimum Gasteiger partial charge on any atom is -0.477 e. The van der Waals surface area contributed by atoms with Crippen molar-refractivity contribution in [2.45, 2.75) is 12.8 Å². The van der Waals surface area contributed by atoms with Gasteiger partial charge < -0.3 is 29.8 Å². The topological polar surface area (TPSA) is 204 Å². The standard InChI is InChI=1S/C23H22N6O6/c24-20-18(19(30)13-4-6-14(34-26)7-5-13)16-8-9-17(35-27)28-22(16)29(20)11-12-2-1-3-15(10-12)33-21(25)23(31)32/h1-10,21H,11,24-27H2,(H,31,32)/t21-/m1/s1. The van der Waals surface area contributed by atoms with Gasteiger partial charge in [-0.2, -0.15) is 16.8 Å². The van der Waals surface area contributed by atoms with Gasteiger partial charge in [-0.15, -0.1) is 0 Å². The molecule has 0 aliphatic rings. The lowest BCUT2D eigenvalue weighted by atomic mass is 10.0. The SMILES string of the molecule is NOc1ccc(C(=O)c2c(N)n(Cc3cccc(O[C@@H](N)C(=O)O)c3)c3nc(ON)ccc23)cc1. The number of ketones is 1. The number of fused-ring (bicyclic) bond motifs is 1. The molecule has 0 spiro atoms. The number of nitrogens with zero attached hydrogens (tertiary/aromatic N) is 2. The molecule has 35 heavy (non-hydrogen) atoms. The number of carbonyl (C=O) groups is 2. The highest BCUT2D eigenvalue weighted by atomic mass is 16.6. The van der Waals surface area contributed by atoms with E-state index in [0.29, 0.717) is 27.9 Å². The number of anilines is 1. The maximum Gasteiger partial charge on any atom is 0.360 e. The number of aliphatic carboxylic acids is 1. The van der Waals surface area contributed by atoms with Gasteiger partial charge >= 0.3 is 5.97 Å². The Labute approximate surface area is 198 Å². The number of aromatic nitrogens is 2. The number of carboxylic acid groups (broad SMARTS) is 1. The molecule has 12 heteroatoms. The van der Waals surface area contributed by atoms with Crippen molar-refractivity contribution in [1.82, 2.24) is 9.55 Å². The van der Waals surface area contributed by atoms with Crippen LogP contribution in [0.5, 0.6) is 17.4 Å². The lowest BCUT2D eigenvalue weighted by molar-refractivity contribution is -0.144. The van der Waals surface area contributed by atoms with Crippen LogP contribution in [0.25, 0.3) is 11.0 Å². The third kappa shape index (κ3) is 4.70. The Bertz CT molecular complexity index is 1400. The molecule has 12 nitrogen and oxygen atoms in total. The maximum absolute atomic E-state index is 13.4. The first-order valence-corrected chi connectivity index (χ1v) is 10.2. The Kier molecular flexibility index (Phi) is 6.51. The van der Waals surface area contributed by atoms with E-state index in [4.69, 9.17) is 37.9 Å². The quantitative estimate of drug-likeness (QED) is 0.131. The molecule has 1 atom stereocenters. The zero-order valence-corrected chi connectivity index (χ0v) is 18.3. The number of carboxylic acids is 1. The van der Waals surface area contributed by atoms with Gasteiger partial charge in [0.05, 0.1) is 12.1 Å². The van der Waals surface area contributed by atoms with Crippen molar-refractivity contribution < 1.29 is 29.1 Å². The average Bonchev–Trinajstić information content (AvgIpc) is 3.14. The Morgan fingerprint density at radius 1 is 1.00 bits per heavy atom. The summed E-state index contributed by atoms with van der Waals surface area (Å²) in [5.74, 6) is 9.76. The predicted octanol–water partition coefficient (Wildman–Crippen LogP) is 1.15. The number of rotatable bonds is 9. The zero-order valence-electron chi connectivity index (χ0n) is 18.3. The van der Waals surface area contributed by atoms with E-state index in [2.05, 4.69) is 9.82 Å². The van der Waals surface area contributed by atoms with Crippen molar-refractivity contribution in [3.8, 4) is 17.4 Å². The van der Waals surface area contributed by atoms with Crippen LogP contribution in [0.4, 0.5) is 5.82 Å². The van der Waals surface area contributed by atoms with Gasteiger partial charge in [0, 0.05) is 17.0 Å². The first kappa shape index (κ1) is 23.5. The molecule has 4 aromatic rings. The lowest BCUT2D eigenvalue weighted by Gasteiger charge is -2.13. The number of nitrogens with two attached hydrogens (primary N) is 4. The fraction of sp³-hybridized carbons (Fsp3) is 0.0870. The molecule has 180 valence electrons. The molecule has 2 aromatic heterocycles. The number of pyridine rings is 1. The van der Waals surface area contributed by atoms with Gasteiger partial charge in [-0.25, -0.2) is 4.79 Å². The first-order chi connectivity index (χ1) is 16.8. The molecule has 0 unspecified atom stereocenters. The molecule has 0 saturated carbocycles. The summed E-state index contributed by atoms with van der Waals surface area (Å²) in [4.78, 5) is 38.2. The molecular formula is C23H22N6O6. The highest BCUT2D eigenvalue weighted by molar-refractivity contribution is 6.19. The number of ether oxygens (including phenoxy) is 1. The second-order valence-electron chi connectivity index (χ2n) is 7.48. The van der Waals surface area contributed by atoms with Crippen LogP contribution in [-0.2, 0) is 11.3 Å². The second-order valence-corrected chi connectivity index (χ2v) is 7.48. The van der Waals surface area contributed by atoms with Crippen molar-refractivity contribution in [1.29, 1.82) is 0 Å². The van der Waals surface area contributed by atoms with E-state index in [1.54, 1.807) is 59.2 Å². The Morgan fingerprint density at radius 2 is 1.74 bits per heavy atom. The van der Waals surface area contributed by atoms with E-state index in [-0.39, 0.29) is 35.3 Å². The molecule has 0 amide bonds. The van der Waals surface area contributed by atoms with E-state index < -0.39 is 12.2 Å². The highest BCUT2D eigenvalue weighted by Crippen LogP contribution is 2.32. The van der Waals surface area contributed by atoms with Crippen molar-refractivity contribution in [2.24, 2.45) is 17.5 Å². The van der Waals surface area contributed by atoms with Crippen molar-refractivity contribution in [3.05, 3.63) is 77.4 Å². The predicted molar refractivity (Wildman–Crippen MR) is 125 cm³/mol. The van der Waals surface area contributed by atoms with E-state index in [1.807, 2.05) is 0 Å². The summed E-state index contributed by atoms with van der Waals surface area (Å²) in [6, 6.07) is 16.1. The lowest BCUT2D eigenvalue weighted by Crippen LogP contribution is -2.35. The Balaban J connectivity index is 1.77. The molecule has 2 heterocycles. The largest absolute Gasteiger partial charge is 0.477 e. The summed E-state index contributed by atoms with van der Waals surface area (Å²) >= 11 is 0. The molecule has 0 aliphatic carbocycles. The van der Waals surface area contributed by atoms with Gasteiger partial charge in [0.25, 0.3) is 0 Å². The molecule has 0 saturated heterocycles. The molecule has 0 fully saturated rings. The van der Waals surface area contributed by atoms with Crippen LogP contribution in [0.1, 0.15) is 21.5 Å². The molecule has 0 radical (unpaired) electrons. The molecule has 9 N–H and O–H groups in total. The van der Waals surface area contributed by atoms with E-state index in [1.165, 1.54) is 6.07 Å². The Hall–Kier alpha value is -4.65. The summed E-state index contributed by atoms with van der Waals surface area (Å²) in [6.45, 7) is 0.177. The fourth-order valence-corrected chi connectivity index (χ4v) is 3.61. The van der Waals surface area contributed by atoms with Gasteiger partial charge in [-0.1, -0.05) is 12.1 Å². The summed E-state index contributed by atoms with van der Waals surface area (Å²) in [5.41, 5.74) is 13.6. The third-order valence-electron chi connectivity index (χ3n) is 5.27. The monoisotopic (exact) mass is 478 g/mol. The number of hydrogen-bond acceptors (Lipinski definition) is 10. The first-order valence-electron chi connectivity index (χ1n) is 10.2. The van der Waals surface area contributed by atoms with Crippen molar-refractivity contribution >= 4 is 28.6 Å². The Morgan fingerprint density at radius 3 is 2.40 bits per heavy atom.